The van der Waals surface area contributed by atoms with E-state index in [1.165, 1.54) is 47.6 Å². The number of methoxy groups -OCH3 is 1. The number of amides is 1. The lowest BCUT2D eigenvalue weighted by Gasteiger charge is -2.10. The van der Waals surface area contributed by atoms with Gasteiger partial charge in [-0.05, 0) is 24.3 Å². The molecule has 2 aromatic heterocycles. The first kappa shape index (κ1) is 19.0. The number of benzene rings is 2. The molecule has 0 atom stereocenters. The first-order chi connectivity index (χ1) is 13.7. The van der Waals surface area contributed by atoms with Crippen molar-refractivity contribution in [1.82, 2.24) is 10.2 Å². The Morgan fingerprint density at radius 3 is 2.89 bits per heavy atom. The van der Waals surface area contributed by atoms with E-state index in [9.17, 15) is 9.18 Å². The van der Waals surface area contributed by atoms with Crippen LogP contribution in [0.3, 0.4) is 0 Å². The van der Waals surface area contributed by atoms with E-state index in [-0.39, 0.29) is 18.3 Å². The van der Waals surface area contributed by atoms with E-state index in [0.29, 0.717) is 26.2 Å². The number of hydrogen-bond donors (Lipinski definition) is 1. The van der Waals surface area contributed by atoms with E-state index in [1.807, 2.05) is 24.3 Å². The Labute approximate surface area is 172 Å². The summed E-state index contributed by atoms with van der Waals surface area (Å²) < 4.78 is 21.1. The molecule has 0 fully saturated rings. The summed E-state index contributed by atoms with van der Waals surface area (Å²) in [6.45, 7) is 0.158. The summed E-state index contributed by atoms with van der Waals surface area (Å²) >= 11 is 4.11. The second-order valence-electron chi connectivity index (χ2n) is 5.71. The molecule has 1 amide bonds. The average molecular weight is 432 g/mol. The quantitative estimate of drug-likeness (QED) is 0.440. The maximum atomic E-state index is 14.4. The zero-order chi connectivity index (χ0) is 19.5. The first-order valence-corrected chi connectivity index (χ1v) is 10.7. The van der Waals surface area contributed by atoms with Gasteiger partial charge < -0.3 is 10.1 Å². The molecule has 0 spiro atoms. The van der Waals surface area contributed by atoms with Crippen molar-refractivity contribution in [1.29, 1.82) is 0 Å². The van der Waals surface area contributed by atoms with Crippen LogP contribution < -0.4 is 5.32 Å². The van der Waals surface area contributed by atoms with Crippen LogP contribution in [0, 0.1) is 5.82 Å². The number of fused-ring (bicyclic) bond motifs is 1. The number of carbonyl (C=O) groups is 1. The van der Waals surface area contributed by atoms with Gasteiger partial charge in [-0.15, -0.1) is 21.5 Å². The van der Waals surface area contributed by atoms with Gasteiger partial charge in [-0.3, -0.25) is 4.79 Å². The fraction of sp³-hybridized carbons (Fsp3) is 0.105. The molecule has 0 saturated carbocycles. The summed E-state index contributed by atoms with van der Waals surface area (Å²) in [5.41, 5.74) is 2.88. The Bertz CT molecular complexity index is 1130. The molecule has 4 aromatic rings. The number of halogens is 1. The number of nitrogens with one attached hydrogen (secondary N) is 1. The van der Waals surface area contributed by atoms with Crippen molar-refractivity contribution in [3.63, 3.8) is 0 Å². The third-order valence-corrected chi connectivity index (χ3v) is 6.98. The predicted octanol–water partition coefficient (Wildman–Crippen LogP) is 5.44. The zero-order valence-electron chi connectivity index (χ0n) is 14.6. The van der Waals surface area contributed by atoms with E-state index in [1.54, 1.807) is 17.6 Å². The molecule has 142 valence electrons. The smallest absolute Gasteiger partial charge is 0.266 e. The number of carbonyl (C=O) groups excluding carboxylic acids is 1. The third kappa shape index (κ3) is 3.79. The SMILES string of the molecule is COCc1c(C(=O)Nc2ccccc2Sc2nncs2)sc2cccc(F)c12. The average Bonchev–Trinajstić information content (AvgIpc) is 3.32. The molecular formula is C19H14FN3O2S3. The third-order valence-electron chi connectivity index (χ3n) is 3.93. The molecular weight excluding hydrogens is 417 g/mol. The largest absolute Gasteiger partial charge is 0.380 e. The Hall–Kier alpha value is -2.33. The van der Waals surface area contributed by atoms with Crippen molar-refractivity contribution >= 4 is 56.1 Å². The fourth-order valence-electron chi connectivity index (χ4n) is 2.77. The highest BCUT2D eigenvalue weighted by atomic mass is 32.2. The minimum absolute atomic E-state index is 0.158. The molecule has 28 heavy (non-hydrogen) atoms. The lowest BCUT2D eigenvalue weighted by molar-refractivity contribution is 0.102. The van der Waals surface area contributed by atoms with Crippen LogP contribution in [-0.2, 0) is 11.3 Å². The van der Waals surface area contributed by atoms with Crippen molar-refractivity contribution < 1.29 is 13.9 Å². The molecule has 9 heteroatoms. The summed E-state index contributed by atoms with van der Waals surface area (Å²) in [6, 6.07) is 12.3. The highest BCUT2D eigenvalue weighted by Crippen LogP contribution is 2.37. The Morgan fingerprint density at radius 1 is 1.25 bits per heavy atom. The second-order valence-corrected chi connectivity index (χ2v) is 8.89. The maximum absolute atomic E-state index is 14.4. The molecule has 0 bridgehead atoms. The number of ether oxygens (including phenoxy) is 1. The van der Waals surface area contributed by atoms with Crippen LogP contribution in [0.2, 0.25) is 0 Å². The van der Waals surface area contributed by atoms with Gasteiger partial charge in [0.2, 0.25) is 0 Å². The number of nitrogens with zero attached hydrogens (tertiary/aromatic N) is 2. The van der Waals surface area contributed by atoms with Crippen LogP contribution in [0.5, 0.6) is 0 Å². The molecule has 2 aromatic carbocycles. The molecule has 0 aliphatic heterocycles. The standard InChI is InChI=1S/C19H14FN3O2S3/c1-25-9-11-16-12(20)5-4-8-15(16)27-17(11)18(24)22-13-6-2-3-7-14(13)28-19-23-21-10-26-19/h2-8,10H,9H2,1H3,(H,22,24). The van der Waals surface area contributed by atoms with Gasteiger partial charge in [0.05, 0.1) is 17.2 Å². The maximum Gasteiger partial charge on any atom is 0.266 e. The van der Waals surface area contributed by atoms with Crippen molar-refractivity contribution in [2.45, 2.75) is 15.8 Å². The highest BCUT2D eigenvalue weighted by Gasteiger charge is 2.21. The summed E-state index contributed by atoms with van der Waals surface area (Å²) in [6.07, 6.45) is 0. The summed E-state index contributed by atoms with van der Waals surface area (Å²) in [4.78, 5) is 14.3. The second kappa shape index (κ2) is 8.36. The van der Waals surface area contributed by atoms with Crippen LogP contribution in [0.15, 0.2) is 57.2 Å². The van der Waals surface area contributed by atoms with Crippen LogP contribution in [0.25, 0.3) is 10.1 Å². The lowest BCUT2D eigenvalue weighted by atomic mass is 10.1. The lowest BCUT2D eigenvalue weighted by Crippen LogP contribution is -2.13. The number of rotatable bonds is 6. The topological polar surface area (TPSA) is 64.1 Å². The van der Waals surface area contributed by atoms with Crippen LogP contribution in [0.4, 0.5) is 10.1 Å². The molecule has 0 aliphatic rings. The number of thiophene rings is 1. The van der Waals surface area contributed by atoms with Gasteiger partial charge in [-0.2, -0.15) is 0 Å². The minimum atomic E-state index is -0.355. The fourth-order valence-corrected chi connectivity index (χ4v) is 5.41. The van der Waals surface area contributed by atoms with Crippen molar-refractivity contribution in [2.24, 2.45) is 0 Å². The van der Waals surface area contributed by atoms with E-state index >= 15 is 0 Å². The van der Waals surface area contributed by atoms with Gasteiger partial charge in [-0.1, -0.05) is 41.3 Å². The van der Waals surface area contributed by atoms with Gasteiger partial charge in [0.15, 0.2) is 4.34 Å². The van der Waals surface area contributed by atoms with Gasteiger partial charge in [-0.25, -0.2) is 4.39 Å². The number of aromatic nitrogens is 2. The number of hydrogen-bond acceptors (Lipinski definition) is 7. The van der Waals surface area contributed by atoms with Gasteiger partial charge >= 0.3 is 0 Å². The number of anilines is 1. The van der Waals surface area contributed by atoms with Gasteiger partial charge in [0.1, 0.15) is 11.3 Å². The summed E-state index contributed by atoms with van der Waals surface area (Å²) in [5, 5.41) is 11.3. The van der Waals surface area contributed by atoms with Crippen LogP contribution in [-0.4, -0.2) is 23.2 Å². The summed E-state index contributed by atoms with van der Waals surface area (Å²) in [7, 11) is 1.53. The van der Waals surface area contributed by atoms with Gasteiger partial charge in [0, 0.05) is 27.7 Å². The molecule has 0 saturated heterocycles. The molecule has 2 heterocycles. The minimum Gasteiger partial charge on any atom is -0.380 e. The van der Waals surface area contributed by atoms with Crippen LogP contribution in [0.1, 0.15) is 15.2 Å². The van der Waals surface area contributed by atoms with Crippen molar-refractivity contribution in [2.75, 3.05) is 12.4 Å². The van der Waals surface area contributed by atoms with E-state index in [4.69, 9.17) is 4.74 Å². The van der Waals surface area contributed by atoms with E-state index < -0.39 is 0 Å². The normalized spacial score (nSPS) is 11.1. The monoisotopic (exact) mass is 431 g/mol. The van der Waals surface area contributed by atoms with Gasteiger partial charge in [0.25, 0.3) is 5.91 Å². The van der Waals surface area contributed by atoms with Crippen LogP contribution >= 0.6 is 34.4 Å². The number of para-hydroxylation sites is 1. The molecule has 0 aliphatic carbocycles. The van der Waals surface area contributed by atoms with E-state index in [0.717, 1.165) is 9.24 Å². The zero-order valence-corrected chi connectivity index (χ0v) is 17.1. The predicted molar refractivity (Wildman–Crippen MR) is 111 cm³/mol. The Morgan fingerprint density at radius 2 is 2.11 bits per heavy atom. The highest BCUT2D eigenvalue weighted by molar-refractivity contribution is 8.01. The Balaban J connectivity index is 1.68. The molecule has 0 radical (unpaired) electrons. The molecule has 4 rings (SSSR count). The van der Waals surface area contributed by atoms with Crippen molar-refractivity contribution in [3.8, 4) is 0 Å². The molecule has 1 N–H and O–H groups in total. The first-order valence-electron chi connectivity index (χ1n) is 8.20. The Kier molecular flexibility index (Phi) is 5.67. The molecule has 5 nitrogen and oxygen atoms in total. The summed E-state index contributed by atoms with van der Waals surface area (Å²) in [5.74, 6) is -0.648. The van der Waals surface area contributed by atoms with E-state index in [2.05, 4.69) is 15.5 Å². The molecule has 0 unspecified atom stereocenters. The van der Waals surface area contributed by atoms with Crippen molar-refractivity contribution in [3.05, 3.63) is 64.2 Å².